The smallest absolute Gasteiger partial charge is 0.303 e. The van der Waals surface area contributed by atoms with Crippen LogP contribution in [-0.2, 0) is 25.6 Å². The molecule has 0 fully saturated rings. The van der Waals surface area contributed by atoms with E-state index >= 15 is 0 Å². The minimum atomic E-state index is -1.07. The van der Waals surface area contributed by atoms with Crippen LogP contribution >= 0.6 is 23.1 Å². The van der Waals surface area contributed by atoms with Crippen LogP contribution in [-0.4, -0.2) is 59.6 Å². The molecule has 1 aromatic heterocycles. The van der Waals surface area contributed by atoms with Crippen molar-refractivity contribution < 1.29 is 24.3 Å². The molecule has 11 heteroatoms. The van der Waals surface area contributed by atoms with Crippen LogP contribution in [0.2, 0.25) is 0 Å². The molecule has 206 valence electrons. The predicted molar refractivity (Wildman–Crippen MR) is 157 cm³/mol. The third-order valence-electron chi connectivity index (χ3n) is 6.06. The Balaban J connectivity index is 1.88. The molecule has 1 unspecified atom stereocenters. The van der Waals surface area contributed by atoms with Crippen LogP contribution in [0.1, 0.15) is 56.9 Å². The molecule has 2 rings (SSSR count). The zero-order chi connectivity index (χ0) is 28.1. The monoisotopic (exact) mass is 559 g/mol. The molecular formula is C27H38BN3O5S2. The fraction of sp³-hybridized carbons (Fsp3) is 0.481. The van der Waals surface area contributed by atoms with E-state index < -0.39 is 23.8 Å². The minimum Gasteiger partial charge on any atom is -0.481 e. The highest BCUT2D eigenvalue weighted by molar-refractivity contribution is 8.02. The quantitative estimate of drug-likeness (QED) is 0.234. The van der Waals surface area contributed by atoms with E-state index in [1.54, 1.807) is 35.2 Å². The number of carboxylic acid groups (broad SMARTS) is 1. The van der Waals surface area contributed by atoms with Crippen LogP contribution in [0.5, 0.6) is 0 Å². The summed E-state index contributed by atoms with van der Waals surface area (Å²) in [5.74, 6) is -1.65. The molecule has 1 heterocycles. The number of thiophene rings is 1. The van der Waals surface area contributed by atoms with Gasteiger partial charge in [-0.2, -0.15) is 11.8 Å². The highest BCUT2D eigenvalue weighted by Gasteiger charge is 2.26. The third kappa shape index (κ3) is 11.7. The fourth-order valence-electron chi connectivity index (χ4n) is 3.97. The number of amides is 3. The second-order valence-electron chi connectivity index (χ2n) is 9.96. The number of anilines is 1. The summed E-state index contributed by atoms with van der Waals surface area (Å²) in [4.78, 5) is 50.0. The number of aliphatic carboxylic acids is 1. The summed E-state index contributed by atoms with van der Waals surface area (Å²) in [5, 5.41) is 19.0. The van der Waals surface area contributed by atoms with Crippen molar-refractivity contribution in [3.8, 4) is 0 Å². The van der Waals surface area contributed by atoms with Crippen molar-refractivity contribution in [2.24, 2.45) is 5.92 Å². The van der Waals surface area contributed by atoms with Crippen molar-refractivity contribution in [3.05, 3.63) is 52.2 Å². The Morgan fingerprint density at radius 2 is 1.82 bits per heavy atom. The third-order valence-corrected chi connectivity index (χ3v) is 8.50. The fourth-order valence-corrected chi connectivity index (χ4v) is 5.95. The van der Waals surface area contributed by atoms with Gasteiger partial charge in [0.25, 0.3) is 0 Å². The Morgan fingerprint density at radius 3 is 2.39 bits per heavy atom. The lowest BCUT2D eigenvalue weighted by Crippen LogP contribution is -2.48. The predicted octanol–water partition coefficient (Wildman–Crippen LogP) is 3.26. The number of thioether (sulfide) groups is 1. The number of hydrogen-bond acceptors (Lipinski definition) is 6. The van der Waals surface area contributed by atoms with Crippen LogP contribution in [0, 0.1) is 5.92 Å². The van der Waals surface area contributed by atoms with Crippen LogP contribution in [0.3, 0.4) is 0 Å². The maximum atomic E-state index is 12.9. The van der Waals surface area contributed by atoms with E-state index in [-0.39, 0.29) is 35.7 Å². The SMILES string of the molecule is BC(CC)(CC(C)C)SCC(=O)NCC(=O)N[C@H](CCC(=O)O)C(=O)Nc1ccc(Cc2cccs2)cc1. The second kappa shape index (κ2) is 15.6. The Labute approximate surface area is 234 Å². The molecule has 2 atom stereocenters. The maximum Gasteiger partial charge on any atom is 0.303 e. The molecule has 8 nitrogen and oxygen atoms in total. The molecule has 2 aromatic rings. The molecule has 0 saturated carbocycles. The minimum absolute atomic E-state index is 0.0179. The second-order valence-corrected chi connectivity index (χ2v) is 12.6. The first-order valence-electron chi connectivity index (χ1n) is 12.8. The van der Waals surface area contributed by atoms with E-state index in [4.69, 9.17) is 5.11 Å². The summed E-state index contributed by atoms with van der Waals surface area (Å²) in [5.41, 5.74) is 1.64. The first kappa shape index (κ1) is 31.4. The number of carbonyl (C=O) groups excluding carboxylic acids is 3. The van der Waals surface area contributed by atoms with Crippen molar-refractivity contribution in [1.82, 2.24) is 10.6 Å². The van der Waals surface area contributed by atoms with Gasteiger partial charge in [-0.15, -0.1) is 11.3 Å². The highest BCUT2D eigenvalue weighted by atomic mass is 32.2. The summed E-state index contributed by atoms with van der Waals surface area (Å²) in [6, 6.07) is 10.4. The van der Waals surface area contributed by atoms with Gasteiger partial charge in [0.15, 0.2) is 0 Å². The zero-order valence-corrected chi connectivity index (χ0v) is 24.2. The average Bonchev–Trinajstić information content (AvgIpc) is 3.37. The van der Waals surface area contributed by atoms with E-state index in [1.165, 1.54) is 4.88 Å². The topological polar surface area (TPSA) is 125 Å². The van der Waals surface area contributed by atoms with Crippen molar-refractivity contribution in [1.29, 1.82) is 0 Å². The molecule has 0 saturated heterocycles. The van der Waals surface area contributed by atoms with Crippen LogP contribution in [0.4, 0.5) is 5.69 Å². The van der Waals surface area contributed by atoms with Crippen LogP contribution in [0.25, 0.3) is 0 Å². The number of benzene rings is 1. The standard InChI is InChI=1S/C27H38BN3O5S2/c1-4-27(28,15-18(2)3)38-17-24(33)29-16-23(32)31-22(11-12-25(34)35)26(36)30-20-9-7-19(8-10-20)14-21-6-5-13-37-21/h5-10,13,18,22H,4,11-12,14-17,28H2,1-3H3,(H,29,33)(H,30,36)(H,31,32)(H,34,35)/t22-,27?/m1/s1. The lowest BCUT2D eigenvalue weighted by atomic mass is 9.77. The van der Waals surface area contributed by atoms with E-state index in [1.807, 2.05) is 23.6 Å². The normalized spacial score (nSPS) is 13.4. The van der Waals surface area contributed by atoms with Crippen molar-refractivity contribution in [3.63, 3.8) is 0 Å². The lowest BCUT2D eigenvalue weighted by molar-refractivity contribution is -0.137. The number of rotatable bonds is 16. The number of carbonyl (C=O) groups is 4. The highest BCUT2D eigenvalue weighted by Crippen LogP contribution is 2.32. The molecule has 0 aliphatic rings. The maximum absolute atomic E-state index is 12.9. The summed E-state index contributed by atoms with van der Waals surface area (Å²) in [7, 11) is 2.14. The summed E-state index contributed by atoms with van der Waals surface area (Å²) in [6.07, 6.45) is 2.35. The van der Waals surface area contributed by atoms with E-state index in [0.29, 0.717) is 11.6 Å². The van der Waals surface area contributed by atoms with Gasteiger partial charge in [-0.1, -0.05) is 39.0 Å². The van der Waals surface area contributed by atoms with Gasteiger partial charge in [-0.25, -0.2) is 0 Å². The Morgan fingerprint density at radius 1 is 1.11 bits per heavy atom. The first-order valence-corrected chi connectivity index (χ1v) is 14.7. The molecule has 0 bridgehead atoms. The summed E-state index contributed by atoms with van der Waals surface area (Å²) in [6.45, 7) is 6.11. The largest absolute Gasteiger partial charge is 0.481 e. The van der Waals surface area contributed by atoms with Crippen molar-refractivity contribution >= 4 is 60.3 Å². The van der Waals surface area contributed by atoms with E-state index in [9.17, 15) is 19.2 Å². The molecule has 0 aliphatic heterocycles. The Kier molecular flexibility index (Phi) is 12.9. The zero-order valence-electron chi connectivity index (χ0n) is 22.5. The molecule has 38 heavy (non-hydrogen) atoms. The van der Waals surface area contributed by atoms with Gasteiger partial charge in [-0.05, 0) is 59.0 Å². The van der Waals surface area contributed by atoms with Crippen LogP contribution in [0.15, 0.2) is 41.8 Å². The van der Waals surface area contributed by atoms with Gasteiger partial charge >= 0.3 is 5.97 Å². The first-order chi connectivity index (χ1) is 18.0. The van der Waals surface area contributed by atoms with Gasteiger partial charge in [0.1, 0.15) is 13.9 Å². The van der Waals surface area contributed by atoms with E-state index in [2.05, 4.69) is 50.6 Å². The molecule has 3 amide bonds. The summed E-state index contributed by atoms with van der Waals surface area (Å²) < 4.78 is -0.0179. The number of nitrogens with one attached hydrogen (secondary N) is 3. The van der Waals surface area contributed by atoms with Gasteiger partial charge < -0.3 is 21.1 Å². The molecule has 0 radical (unpaired) electrons. The number of hydrogen-bond donors (Lipinski definition) is 4. The lowest BCUT2D eigenvalue weighted by Gasteiger charge is -2.29. The molecule has 0 spiro atoms. The van der Waals surface area contributed by atoms with Crippen LogP contribution < -0.4 is 16.0 Å². The molecule has 1 aromatic carbocycles. The number of carboxylic acids is 1. The van der Waals surface area contributed by atoms with Gasteiger partial charge in [0, 0.05) is 23.4 Å². The molecular weight excluding hydrogens is 521 g/mol. The van der Waals surface area contributed by atoms with Crippen molar-refractivity contribution in [2.45, 2.75) is 63.6 Å². The Hall–Kier alpha value is -2.79. The Bertz CT molecular complexity index is 1060. The van der Waals surface area contributed by atoms with Gasteiger partial charge in [0.2, 0.25) is 17.7 Å². The summed E-state index contributed by atoms with van der Waals surface area (Å²) >= 11 is 3.25. The van der Waals surface area contributed by atoms with Gasteiger partial charge in [0.05, 0.1) is 12.3 Å². The van der Waals surface area contributed by atoms with Gasteiger partial charge in [-0.3, -0.25) is 19.2 Å². The molecule has 4 N–H and O–H groups in total. The van der Waals surface area contributed by atoms with Crippen molar-refractivity contribution in [2.75, 3.05) is 17.6 Å². The average molecular weight is 560 g/mol. The molecule has 0 aliphatic carbocycles. The van der Waals surface area contributed by atoms with E-state index in [0.717, 1.165) is 24.8 Å².